The molecule has 3 saturated heterocycles. The first-order chi connectivity index (χ1) is 21.9. The van der Waals surface area contributed by atoms with E-state index in [0.717, 1.165) is 64.0 Å². The van der Waals surface area contributed by atoms with E-state index in [0.29, 0.717) is 41.5 Å². The van der Waals surface area contributed by atoms with Gasteiger partial charge in [-0.1, -0.05) is 35.9 Å². The number of aromatic nitrogens is 2. The van der Waals surface area contributed by atoms with Crippen molar-refractivity contribution < 1.29 is 14.4 Å². The fraction of sp³-hybridized carbons (Fsp3) is 0.441. The molecular weight excluding hydrogens is 590 g/mol. The van der Waals surface area contributed by atoms with E-state index in [1.165, 1.54) is 16.8 Å². The van der Waals surface area contributed by atoms with Crippen molar-refractivity contribution in [2.75, 3.05) is 36.4 Å². The van der Waals surface area contributed by atoms with Crippen molar-refractivity contribution in [1.29, 1.82) is 0 Å². The third-order valence-electron chi connectivity index (χ3n) is 9.76. The van der Waals surface area contributed by atoms with Crippen LogP contribution in [0.15, 0.2) is 54.9 Å². The van der Waals surface area contributed by atoms with Crippen LogP contribution in [0.2, 0.25) is 5.02 Å². The van der Waals surface area contributed by atoms with Crippen LogP contribution in [0.5, 0.6) is 0 Å². The van der Waals surface area contributed by atoms with Crippen molar-refractivity contribution in [3.63, 3.8) is 0 Å². The Kier molecular flexibility index (Phi) is 8.42. The summed E-state index contributed by atoms with van der Waals surface area (Å²) in [5.74, 6) is 0.343. The fourth-order valence-corrected chi connectivity index (χ4v) is 7.29. The van der Waals surface area contributed by atoms with Gasteiger partial charge in [0.25, 0.3) is 5.91 Å². The highest BCUT2D eigenvalue weighted by Crippen LogP contribution is 2.34. The van der Waals surface area contributed by atoms with Crippen LogP contribution in [-0.2, 0) is 22.7 Å². The Labute approximate surface area is 268 Å². The Balaban J connectivity index is 0.881. The molecule has 3 aromatic rings. The Hall–Kier alpha value is -4.02. The van der Waals surface area contributed by atoms with Crippen LogP contribution in [0.25, 0.3) is 0 Å². The van der Waals surface area contributed by atoms with E-state index in [1.807, 2.05) is 6.07 Å². The lowest BCUT2D eigenvalue weighted by atomic mass is 9.87. The molecular formula is C34H38ClN7O3. The van der Waals surface area contributed by atoms with Crippen molar-refractivity contribution in [1.82, 2.24) is 25.1 Å². The van der Waals surface area contributed by atoms with Gasteiger partial charge < -0.3 is 15.1 Å². The van der Waals surface area contributed by atoms with Crippen molar-refractivity contribution in [3.8, 4) is 0 Å². The van der Waals surface area contributed by atoms with E-state index >= 15 is 0 Å². The highest BCUT2D eigenvalue weighted by atomic mass is 35.5. The number of amides is 3. The van der Waals surface area contributed by atoms with Crippen molar-refractivity contribution in [2.24, 2.45) is 0 Å². The summed E-state index contributed by atoms with van der Waals surface area (Å²) in [6.07, 6.45) is 8.10. The molecule has 3 fully saturated rings. The molecule has 0 saturated carbocycles. The van der Waals surface area contributed by atoms with Crippen LogP contribution < -0.4 is 15.5 Å². The van der Waals surface area contributed by atoms with Crippen LogP contribution in [0.1, 0.15) is 71.5 Å². The molecule has 4 aliphatic heterocycles. The molecule has 0 bridgehead atoms. The number of imide groups is 1. The van der Waals surface area contributed by atoms with Gasteiger partial charge in [0.2, 0.25) is 17.8 Å². The number of hydrogen-bond donors (Lipinski definition) is 2. The van der Waals surface area contributed by atoms with Crippen molar-refractivity contribution in [3.05, 3.63) is 82.1 Å². The summed E-state index contributed by atoms with van der Waals surface area (Å²) in [6.45, 7) is 5.41. The molecule has 11 heteroatoms. The van der Waals surface area contributed by atoms with E-state index < -0.39 is 6.04 Å². The first kappa shape index (κ1) is 29.7. The van der Waals surface area contributed by atoms with Crippen molar-refractivity contribution in [2.45, 2.75) is 69.6 Å². The first-order valence-corrected chi connectivity index (χ1v) is 16.4. The lowest BCUT2D eigenvalue weighted by Crippen LogP contribution is -2.52. The van der Waals surface area contributed by atoms with Crippen LogP contribution >= 0.6 is 11.6 Å². The number of carbonyl (C=O) groups is 3. The van der Waals surface area contributed by atoms with E-state index in [2.05, 4.69) is 66.8 Å². The number of carbonyl (C=O) groups excluding carboxylic acids is 3. The Morgan fingerprint density at radius 3 is 2.33 bits per heavy atom. The second kappa shape index (κ2) is 12.8. The minimum atomic E-state index is -0.575. The highest BCUT2D eigenvalue weighted by molar-refractivity contribution is 6.30. The molecule has 0 aliphatic carbocycles. The maximum atomic E-state index is 13.1. The van der Waals surface area contributed by atoms with E-state index in [4.69, 9.17) is 11.6 Å². The number of likely N-dealkylation sites (tertiary alicyclic amines) is 1. The molecule has 234 valence electrons. The molecule has 1 unspecified atom stereocenters. The summed E-state index contributed by atoms with van der Waals surface area (Å²) >= 11 is 5.90. The van der Waals surface area contributed by atoms with E-state index in [-0.39, 0.29) is 24.1 Å². The molecule has 0 radical (unpaired) electrons. The molecule has 45 heavy (non-hydrogen) atoms. The molecule has 2 aromatic carbocycles. The van der Waals surface area contributed by atoms with Crippen LogP contribution in [0.3, 0.4) is 0 Å². The average Bonchev–Trinajstić information content (AvgIpc) is 3.38. The van der Waals surface area contributed by atoms with Gasteiger partial charge in [-0.05, 0) is 86.0 Å². The molecule has 5 heterocycles. The normalized spacial score (nSPS) is 21.6. The Morgan fingerprint density at radius 1 is 0.889 bits per heavy atom. The van der Waals surface area contributed by atoms with Gasteiger partial charge in [-0.3, -0.25) is 24.6 Å². The second-order valence-electron chi connectivity index (χ2n) is 12.7. The fourth-order valence-electron chi connectivity index (χ4n) is 7.19. The highest BCUT2D eigenvalue weighted by Gasteiger charge is 2.39. The molecule has 3 amide bonds. The summed E-state index contributed by atoms with van der Waals surface area (Å²) in [6, 6.07) is 15.0. The smallest absolute Gasteiger partial charge is 0.255 e. The summed E-state index contributed by atoms with van der Waals surface area (Å²) in [7, 11) is 0. The van der Waals surface area contributed by atoms with Crippen LogP contribution in [0.4, 0.5) is 11.6 Å². The minimum absolute atomic E-state index is 0.113. The second-order valence-corrected chi connectivity index (χ2v) is 13.1. The number of halogens is 1. The molecule has 4 aliphatic rings. The van der Waals surface area contributed by atoms with E-state index in [9.17, 15) is 14.4 Å². The third-order valence-corrected chi connectivity index (χ3v) is 9.96. The van der Waals surface area contributed by atoms with Gasteiger partial charge in [0.05, 0.1) is 17.4 Å². The maximum absolute atomic E-state index is 13.1. The number of nitrogens with zero attached hydrogens (tertiary/aromatic N) is 5. The SMILES string of the molecule is O=C1CCC(N2Cc3cc(C4CCN(Cc5ccc(N6CCC(Nc7ncc(Cl)cn7)CC6)cc5)CC4)ccc3C2=O)C(=O)N1. The Bertz CT molecular complexity index is 1570. The van der Waals surface area contributed by atoms with Gasteiger partial charge in [-0.15, -0.1) is 0 Å². The summed E-state index contributed by atoms with van der Waals surface area (Å²) in [5.41, 5.74) is 5.54. The Morgan fingerprint density at radius 2 is 1.62 bits per heavy atom. The summed E-state index contributed by atoms with van der Waals surface area (Å²) in [5, 5.41) is 6.35. The number of hydrogen-bond acceptors (Lipinski definition) is 8. The number of anilines is 2. The molecule has 7 rings (SSSR count). The summed E-state index contributed by atoms with van der Waals surface area (Å²) < 4.78 is 0. The molecule has 0 spiro atoms. The maximum Gasteiger partial charge on any atom is 0.255 e. The lowest BCUT2D eigenvalue weighted by Gasteiger charge is -2.34. The third kappa shape index (κ3) is 6.53. The number of rotatable bonds is 7. The molecule has 2 N–H and O–H groups in total. The standard InChI is InChI=1S/C34H38ClN7O3/c35-26-18-36-34(37-19-26)38-27-11-15-41(16-12-27)28-4-1-22(2-5-28)20-40-13-9-23(10-14-40)24-3-6-29-25(17-24)21-42(33(29)45)30-7-8-31(43)39-32(30)44/h1-6,17-19,23,27,30H,7-16,20-21H2,(H,36,37,38)(H,39,43,44). The average molecular weight is 628 g/mol. The van der Waals surface area contributed by atoms with Gasteiger partial charge in [-0.2, -0.15) is 0 Å². The van der Waals surface area contributed by atoms with Crippen LogP contribution in [0, 0.1) is 0 Å². The molecule has 1 atom stereocenters. The first-order valence-electron chi connectivity index (χ1n) is 16.0. The molecule has 1 aromatic heterocycles. The number of benzene rings is 2. The summed E-state index contributed by atoms with van der Waals surface area (Å²) in [4.78, 5) is 52.1. The van der Waals surface area contributed by atoms with E-state index in [1.54, 1.807) is 17.3 Å². The van der Waals surface area contributed by atoms with Gasteiger partial charge in [0.15, 0.2) is 0 Å². The predicted octanol–water partition coefficient (Wildman–Crippen LogP) is 4.35. The monoisotopic (exact) mass is 627 g/mol. The zero-order chi connectivity index (χ0) is 30.9. The number of fused-ring (bicyclic) bond motifs is 1. The number of piperidine rings is 3. The topological polar surface area (TPSA) is 111 Å². The minimum Gasteiger partial charge on any atom is -0.371 e. The van der Waals surface area contributed by atoms with Gasteiger partial charge >= 0.3 is 0 Å². The predicted molar refractivity (Wildman–Crippen MR) is 172 cm³/mol. The zero-order valence-electron chi connectivity index (χ0n) is 25.3. The lowest BCUT2D eigenvalue weighted by molar-refractivity contribution is -0.136. The van der Waals surface area contributed by atoms with Gasteiger partial charge in [0.1, 0.15) is 6.04 Å². The molecule has 10 nitrogen and oxygen atoms in total. The zero-order valence-corrected chi connectivity index (χ0v) is 26.0. The van der Waals surface area contributed by atoms with Gasteiger partial charge in [-0.25, -0.2) is 9.97 Å². The van der Waals surface area contributed by atoms with Crippen molar-refractivity contribution >= 4 is 41.0 Å². The largest absolute Gasteiger partial charge is 0.371 e. The quantitative estimate of drug-likeness (QED) is 0.372. The van der Waals surface area contributed by atoms with Crippen LogP contribution in [-0.4, -0.2) is 75.8 Å². The number of nitrogens with one attached hydrogen (secondary N) is 2. The van der Waals surface area contributed by atoms with Gasteiger partial charge in [0, 0.05) is 49.9 Å².